The van der Waals surface area contributed by atoms with Gasteiger partial charge in [0.05, 0.1) is 16.7 Å². The highest BCUT2D eigenvalue weighted by Gasteiger charge is 2.31. The Morgan fingerprint density at radius 1 is 1.03 bits per heavy atom. The number of aryl methyl sites for hydroxylation is 1. The molecule has 8 heteroatoms. The average molecular weight is 580 g/mol. The Bertz CT molecular complexity index is 1540. The minimum absolute atomic E-state index is 0.0452. The molecule has 0 aliphatic heterocycles. The van der Waals surface area contributed by atoms with E-state index in [1.807, 2.05) is 30.3 Å². The second kappa shape index (κ2) is 12.7. The summed E-state index contributed by atoms with van der Waals surface area (Å²) in [6.07, 6.45) is 1.70. The van der Waals surface area contributed by atoms with Gasteiger partial charge in [-0.1, -0.05) is 60.8 Å². The van der Waals surface area contributed by atoms with Crippen molar-refractivity contribution in [2.24, 2.45) is 0 Å². The third-order valence-corrected chi connectivity index (χ3v) is 8.51. The third kappa shape index (κ3) is 6.45. The number of benzene rings is 3. The summed E-state index contributed by atoms with van der Waals surface area (Å²) in [5.41, 5.74) is 4.38. The summed E-state index contributed by atoms with van der Waals surface area (Å²) in [7, 11) is 0. The molecule has 0 saturated carbocycles. The van der Waals surface area contributed by atoms with E-state index in [-0.39, 0.29) is 30.7 Å². The van der Waals surface area contributed by atoms with E-state index in [0.29, 0.717) is 21.2 Å². The molecular formula is C31H28Cl2N2O3S. The number of carbonyl (C=O) groups is 2. The topological polar surface area (TPSA) is 90.2 Å². The van der Waals surface area contributed by atoms with Crippen molar-refractivity contribution in [2.45, 2.75) is 44.9 Å². The number of halogens is 2. The monoisotopic (exact) mass is 578 g/mol. The zero-order chi connectivity index (χ0) is 28.1. The highest BCUT2D eigenvalue weighted by atomic mass is 35.5. The van der Waals surface area contributed by atoms with Gasteiger partial charge in [0.1, 0.15) is 6.07 Å². The first-order valence-electron chi connectivity index (χ1n) is 12.7. The third-order valence-electron chi connectivity index (χ3n) is 6.87. The lowest BCUT2D eigenvalue weighted by Gasteiger charge is -2.29. The van der Waals surface area contributed by atoms with Crippen LogP contribution in [-0.4, -0.2) is 23.5 Å². The molecule has 4 rings (SSSR count). The summed E-state index contributed by atoms with van der Waals surface area (Å²) < 4.78 is 0.928. The van der Waals surface area contributed by atoms with Crippen molar-refractivity contribution in [3.05, 3.63) is 103 Å². The molecule has 1 amide bonds. The maximum absolute atomic E-state index is 12.5. The van der Waals surface area contributed by atoms with Crippen LogP contribution in [-0.2, 0) is 4.79 Å². The van der Waals surface area contributed by atoms with Crippen molar-refractivity contribution < 1.29 is 14.7 Å². The second-order valence-corrected chi connectivity index (χ2v) is 11.6. The number of amides is 1. The van der Waals surface area contributed by atoms with Crippen molar-refractivity contribution in [1.29, 1.82) is 5.26 Å². The van der Waals surface area contributed by atoms with Crippen LogP contribution in [0.3, 0.4) is 0 Å². The van der Waals surface area contributed by atoms with Gasteiger partial charge in [-0.2, -0.15) is 5.26 Å². The SMILES string of the molecule is CCCC(c1ccc(C(=O)NCCC(=O)O)cc1)C(c1ccc(Cl)cc1)c1c(C)sc2c(C#N)cc(Cl)cc12. The fraction of sp³-hybridized carbons (Fsp3) is 0.258. The summed E-state index contributed by atoms with van der Waals surface area (Å²) >= 11 is 14.4. The molecule has 3 aromatic carbocycles. The average Bonchev–Trinajstić information content (AvgIpc) is 3.24. The Hall–Kier alpha value is -3.37. The molecule has 1 aromatic heterocycles. The zero-order valence-electron chi connectivity index (χ0n) is 21.6. The molecule has 39 heavy (non-hydrogen) atoms. The van der Waals surface area contributed by atoms with Crippen LogP contribution in [0.25, 0.3) is 10.1 Å². The van der Waals surface area contributed by atoms with Crippen LogP contribution in [0.1, 0.15) is 75.5 Å². The van der Waals surface area contributed by atoms with Crippen molar-refractivity contribution in [3.8, 4) is 6.07 Å². The summed E-state index contributed by atoms with van der Waals surface area (Å²) in [5.74, 6) is -1.24. The number of hydrogen-bond acceptors (Lipinski definition) is 4. The van der Waals surface area contributed by atoms with Crippen LogP contribution in [0, 0.1) is 18.3 Å². The van der Waals surface area contributed by atoms with E-state index in [2.05, 4.69) is 37.4 Å². The van der Waals surface area contributed by atoms with E-state index >= 15 is 0 Å². The van der Waals surface area contributed by atoms with E-state index in [0.717, 1.165) is 44.5 Å². The Morgan fingerprint density at radius 2 is 1.69 bits per heavy atom. The number of nitriles is 1. The van der Waals surface area contributed by atoms with Gasteiger partial charge in [0.2, 0.25) is 0 Å². The summed E-state index contributed by atoms with van der Waals surface area (Å²) in [4.78, 5) is 24.4. The molecule has 0 bridgehead atoms. The fourth-order valence-electron chi connectivity index (χ4n) is 5.14. The number of nitrogens with one attached hydrogen (secondary N) is 1. The van der Waals surface area contributed by atoms with Gasteiger partial charge in [-0.25, -0.2) is 0 Å². The standard InChI is InChI=1S/C31H28Cl2N2O3S/c1-3-4-25(19-5-7-21(8-6-19)31(38)35-14-13-27(36)37)29(20-9-11-23(32)12-10-20)28-18(2)39-30-22(17-34)15-24(33)16-26(28)30/h5-12,15-16,25,29H,3-4,13-14H2,1-2H3,(H,35,38)(H,36,37). The molecular weight excluding hydrogens is 551 g/mol. The normalized spacial score (nSPS) is 12.6. The second-order valence-electron chi connectivity index (χ2n) is 9.46. The predicted octanol–water partition coefficient (Wildman–Crippen LogP) is 8.31. The van der Waals surface area contributed by atoms with E-state index < -0.39 is 5.97 Å². The Balaban J connectivity index is 1.82. The fourth-order valence-corrected chi connectivity index (χ4v) is 6.64. The number of hydrogen-bond donors (Lipinski definition) is 2. The Morgan fingerprint density at radius 3 is 2.31 bits per heavy atom. The number of aliphatic carboxylic acids is 1. The van der Waals surface area contributed by atoms with Crippen LogP contribution in [0.15, 0.2) is 60.7 Å². The first-order chi connectivity index (χ1) is 18.7. The number of fused-ring (bicyclic) bond motifs is 1. The van der Waals surface area contributed by atoms with Gasteiger partial charge in [-0.3, -0.25) is 9.59 Å². The molecule has 2 atom stereocenters. The number of rotatable bonds is 10. The van der Waals surface area contributed by atoms with Gasteiger partial charge in [0.25, 0.3) is 5.91 Å². The molecule has 1 heterocycles. The number of carbonyl (C=O) groups excluding carboxylic acids is 1. The van der Waals surface area contributed by atoms with Crippen molar-refractivity contribution >= 4 is 56.5 Å². The van der Waals surface area contributed by atoms with Crippen LogP contribution >= 0.6 is 34.5 Å². The summed E-state index contributed by atoms with van der Waals surface area (Å²) in [5, 5.41) is 23.4. The molecule has 0 fully saturated rings. The molecule has 2 N–H and O–H groups in total. The molecule has 0 radical (unpaired) electrons. The highest BCUT2D eigenvalue weighted by molar-refractivity contribution is 7.19. The van der Waals surface area contributed by atoms with Gasteiger partial charge in [-0.15, -0.1) is 11.3 Å². The van der Waals surface area contributed by atoms with E-state index in [9.17, 15) is 14.9 Å². The summed E-state index contributed by atoms with van der Waals surface area (Å²) in [6, 6.07) is 21.4. The first-order valence-corrected chi connectivity index (χ1v) is 14.3. The lowest BCUT2D eigenvalue weighted by Crippen LogP contribution is -2.26. The number of carboxylic acids is 1. The number of nitrogens with zero attached hydrogens (tertiary/aromatic N) is 1. The van der Waals surface area contributed by atoms with Crippen LogP contribution in [0.2, 0.25) is 10.0 Å². The van der Waals surface area contributed by atoms with E-state index in [4.69, 9.17) is 28.3 Å². The smallest absolute Gasteiger partial charge is 0.305 e. The lowest BCUT2D eigenvalue weighted by atomic mass is 9.74. The minimum atomic E-state index is -0.958. The van der Waals surface area contributed by atoms with Crippen molar-refractivity contribution in [3.63, 3.8) is 0 Å². The summed E-state index contributed by atoms with van der Waals surface area (Å²) in [6.45, 7) is 4.32. The van der Waals surface area contributed by atoms with Gasteiger partial charge < -0.3 is 10.4 Å². The molecule has 4 aromatic rings. The number of carboxylic acid groups (broad SMARTS) is 1. The van der Waals surface area contributed by atoms with Gasteiger partial charge in [0, 0.05) is 32.9 Å². The maximum atomic E-state index is 12.5. The first kappa shape index (κ1) is 28.6. The quantitative estimate of drug-likeness (QED) is 0.198. The molecule has 0 aliphatic carbocycles. The highest BCUT2D eigenvalue weighted by Crippen LogP contribution is 2.48. The lowest BCUT2D eigenvalue weighted by molar-refractivity contribution is -0.136. The zero-order valence-corrected chi connectivity index (χ0v) is 24.0. The van der Waals surface area contributed by atoms with Crippen molar-refractivity contribution in [1.82, 2.24) is 5.32 Å². The minimum Gasteiger partial charge on any atom is -0.481 e. The molecule has 200 valence electrons. The predicted molar refractivity (Wildman–Crippen MR) is 158 cm³/mol. The molecule has 2 unspecified atom stereocenters. The molecule has 0 saturated heterocycles. The van der Waals surface area contributed by atoms with E-state index in [1.54, 1.807) is 29.5 Å². The Kier molecular flexibility index (Phi) is 9.29. The molecule has 0 spiro atoms. The van der Waals surface area contributed by atoms with Gasteiger partial charge in [0.15, 0.2) is 0 Å². The Labute approximate surface area is 242 Å². The molecule has 5 nitrogen and oxygen atoms in total. The van der Waals surface area contributed by atoms with Gasteiger partial charge in [-0.05, 0) is 77.7 Å². The number of thiophene rings is 1. The maximum Gasteiger partial charge on any atom is 0.305 e. The van der Waals surface area contributed by atoms with Crippen LogP contribution in [0.4, 0.5) is 0 Å². The van der Waals surface area contributed by atoms with Crippen molar-refractivity contribution in [2.75, 3.05) is 6.54 Å². The van der Waals surface area contributed by atoms with Crippen LogP contribution in [0.5, 0.6) is 0 Å². The molecule has 0 aliphatic rings. The largest absolute Gasteiger partial charge is 0.481 e. The van der Waals surface area contributed by atoms with E-state index in [1.165, 1.54) is 0 Å². The van der Waals surface area contributed by atoms with Gasteiger partial charge >= 0.3 is 5.97 Å². The van der Waals surface area contributed by atoms with Crippen LogP contribution < -0.4 is 5.32 Å².